The molecule has 7 nitrogen and oxygen atoms in total. The van der Waals surface area contributed by atoms with Crippen LogP contribution in [-0.4, -0.2) is 49.9 Å². The largest absolute Gasteiger partial charge is 0.352 e. The first-order chi connectivity index (χ1) is 15.2. The minimum Gasteiger partial charge on any atom is -0.352 e. The number of aryl methyl sites for hydroxylation is 1. The number of hydrogen-bond donors (Lipinski definition) is 1. The Morgan fingerprint density at radius 3 is 2.61 bits per heavy atom. The molecule has 162 valence electrons. The molecule has 2 heterocycles. The molecule has 3 aromatic rings. The Hall–Kier alpha value is -2.71. The van der Waals surface area contributed by atoms with Crippen molar-refractivity contribution in [1.82, 2.24) is 30.4 Å². The van der Waals surface area contributed by atoms with E-state index in [-0.39, 0.29) is 5.91 Å². The summed E-state index contributed by atoms with van der Waals surface area (Å²) < 4.78 is 1.61. The maximum atomic E-state index is 12.3. The fourth-order valence-corrected chi connectivity index (χ4v) is 4.59. The Kier molecular flexibility index (Phi) is 7.32. The summed E-state index contributed by atoms with van der Waals surface area (Å²) in [5, 5.41) is 15.1. The third-order valence-corrected chi connectivity index (χ3v) is 6.52. The van der Waals surface area contributed by atoms with E-state index in [4.69, 9.17) is 0 Å². The fraction of sp³-hybridized carbons (Fsp3) is 0.391. The molecule has 8 heteroatoms. The first-order valence-corrected chi connectivity index (χ1v) is 11.7. The molecule has 1 aliphatic rings. The number of tetrazole rings is 1. The highest BCUT2D eigenvalue weighted by Crippen LogP contribution is 2.25. The number of aromatic nitrogens is 4. The molecule has 0 saturated carbocycles. The molecule has 0 aliphatic carbocycles. The zero-order valence-electron chi connectivity index (χ0n) is 17.8. The van der Waals surface area contributed by atoms with Crippen LogP contribution in [0.15, 0.2) is 53.7 Å². The van der Waals surface area contributed by atoms with E-state index in [0.717, 1.165) is 17.7 Å². The summed E-state index contributed by atoms with van der Waals surface area (Å²) in [7, 11) is 1.79. The third-order valence-electron chi connectivity index (χ3n) is 5.50. The van der Waals surface area contributed by atoms with Crippen molar-refractivity contribution in [1.29, 1.82) is 0 Å². The summed E-state index contributed by atoms with van der Waals surface area (Å²) in [5.41, 5.74) is 4.82. The number of carbonyl (C=O) groups is 1. The van der Waals surface area contributed by atoms with E-state index >= 15 is 0 Å². The van der Waals surface area contributed by atoms with Crippen molar-refractivity contribution in [2.75, 3.05) is 18.8 Å². The predicted octanol–water partition coefficient (Wildman–Crippen LogP) is 3.27. The number of likely N-dealkylation sites (tertiary alicyclic amines) is 1. The van der Waals surface area contributed by atoms with E-state index in [1.165, 1.54) is 48.8 Å². The standard InChI is InChI=1S/C23H28N6OS/c1-28-23(25-26-27-28)31-15-12-22(30)24-16-20-6-2-3-7-21(20)19-10-8-18(9-11-19)17-29-13-4-5-14-29/h2-3,6-11H,4-5,12-17H2,1H3,(H,24,30). The van der Waals surface area contributed by atoms with E-state index < -0.39 is 0 Å². The Labute approximate surface area is 187 Å². The minimum absolute atomic E-state index is 0.0263. The van der Waals surface area contributed by atoms with Gasteiger partial charge in [0.15, 0.2) is 0 Å². The number of carbonyl (C=O) groups excluding carboxylic acids is 1. The fourth-order valence-electron chi connectivity index (χ4n) is 3.81. The predicted molar refractivity (Wildman–Crippen MR) is 122 cm³/mol. The quantitative estimate of drug-likeness (QED) is 0.519. The molecule has 1 N–H and O–H groups in total. The van der Waals surface area contributed by atoms with Crippen molar-refractivity contribution >= 4 is 17.7 Å². The molecular weight excluding hydrogens is 408 g/mol. The molecule has 1 saturated heterocycles. The van der Waals surface area contributed by atoms with Gasteiger partial charge in [-0.3, -0.25) is 9.69 Å². The Bertz CT molecular complexity index is 997. The first kappa shape index (κ1) is 21.5. The van der Waals surface area contributed by atoms with E-state index in [1.54, 1.807) is 11.7 Å². The van der Waals surface area contributed by atoms with Crippen LogP contribution in [0.1, 0.15) is 30.4 Å². The first-order valence-electron chi connectivity index (χ1n) is 10.7. The monoisotopic (exact) mass is 436 g/mol. The maximum absolute atomic E-state index is 12.3. The lowest BCUT2D eigenvalue weighted by molar-refractivity contribution is -0.120. The molecule has 2 aromatic carbocycles. The SMILES string of the molecule is Cn1nnnc1SCCC(=O)NCc1ccccc1-c1ccc(CN2CCCC2)cc1. The van der Waals surface area contributed by atoms with Gasteiger partial charge in [-0.2, -0.15) is 0 Å². The van der Waals surface area contributed by atoms with Crippen LogP contribution in [0.5, 0.6) is 0 Å². The molecule has 0 radical (unpaired) electrons. The van der Waals surface area contributed by atoms with Crippen molar-refractivity contribution in [3.63, 3.8) is 0 Å². The Morgan fingerprint density at radius 2 is 1.87 bits per heavy atom. The van der Waals surface area contributed by atoms with Gasteiger partial charge in [0.1, 0.15) is 0 Å². The normalized spacial score (nSPS) is 14.1. The number of benzene rings is 2. The molecule has 1 amide bonds. The average Bonchev–Trinajstić information content (AvgIpc) is 3.45. The van der Waals surface area contributed by atoms with Gasteiger partial charge in [0.25, 0.3) is 0 Å². The van der Waals surface area contributed by atoms with E-state index in [0.29, 0.717) is 23.9 Å². The van der Waals surface area contributed by atoms with Gasteiger partial charge in [0, 0.05) is 32.3 Å². The van der Waals surface area contributed by atoms with Gasteiger partial charge < -0.3 is 5.32 Å². The molecular formula is C23H28N6OS. The second-order valence-corrected chi connectivity index (χ2v) is 8.86. The molecule has 0 unspecified atom stereocenters. The smallest absolute Gasteiger partial charge is 0.221 e. The summed E-state index contributed by atoms with van der Waals surface area (Å²) in [4.78, 5) is 14.8. The lowest BCUT2D eigenvalue weighted by atomic mass is 9.98. The van der Waals surface area contributed by atoms with Gasteiger partial charge in [-0.25, -0.2) is 4.68 Å². The van der Waals surface area contributed by atoms with Crippen LogP contribution in [0.2, 0.25) is 0 Å². The zero-order chi connectivity index (χ0) is 21.5. The van der Waals surface area contributed by atoms with E-state index in [1.807, 2.05) is 12.1 Å². The molecule has 0 spiro atoms. The van der Waals surface area contributed by atoms with Crippen LogP contribution in [-0.2, 0) is 24.9 Å². The minimum atomic E-state index is 0.0263. The van der Waals surface area contributed by atoms with Gasteiger partial charge in [-0.1, -0.05) is 60.3 Å². The van der Waals surface area contributed by atoms with Crippen LogP contribution in [0, 0.1) is 0 Å². The van der Waals surface area contributed by atoms with Crippen molar-refractivity contribution < 1.29 is 4.79 Å². The maximum Gasteiger partial charge on any atom is 0.221 e. The molecule has 1 fully saturated rings. The van der Waals surface area contributed by atoms with Crippen LogP contribution in [0.3, 0.4) is 0 Å². The van der Waals surface area contributed by atoms with Crippen LogP contribution in [0.4, 0.5) is 0 Å². The number of amides is 1. The van der Waals surface area contributed by atoms with E-state index in [9.17, 15) is 4.79 Å². The molecule has 0 bridgehead atoms. The summed E-state index contributed by atoms with van der Waals surface area (Å²) in [6.07, 6.45) is 3.05. The molecule has 1 aromatic heterocycles. The highest BCUT2D eigenvalue weighted by Gasteiger charge is 2.12. The summed E-state index contributed by atoms with van der Waals surface area (Å²) in [6, 6.07) is 17.1. The van der Waals surface area contributed by atoms with Gasteiger partial charge in [-0.05, 0) is 58.6 Å². The van der Waals surface area contributed by atoms with Crippen molar-refractivity contribution in [2.45, 2.75) is 37.5 Å². The number of hydrogen-bond acceptors (Lipinski definition) is 6. The van der Waals surface area contributed by atoms with Crippen LogP contribution >= 0.6 is 11.8 Å². The second kappa shape index (κ2) is 10.5. The second-order valence-electron chi connectivity index (χ2n) is 7.80. The average molecular weight is 437 g/mol. The topological polar surface area (TPSA) is 75.9 Å². The Balaban J connectivity index is 1.31. The van der Waals surface area contributed by atoms with Crippen LogP contribution in [0.25, 0.3) is 11.1 Å². The third kappa shape index (κ3) is 5.92. The van der Waals surface area contributed by atoms with Gasteiger partial charge in [-0.15, -0.1) is 5.10 Å². The summed E-state index contributed by atoms with van der Waals surface area (Å²) in [5.74, 6) is 0.665. The summed E-state index contributed by atoms with van der Waals surface area (Å²) in [6.45, 7) is 3.96. The number of thioether (sulfide) groups is 1. The highest BCUT2D eigenvalue weighted by molar-refractivity contribution is 7.99. The highest BCUT2D eigenvalue weighted by atomic mass is 32.2. The lowest BCUT2D eigenvalue weighted by Crippen LogP contribution is -2.23. The molecule has 31 heavy (non-hydrogen) atoms. The molecule has 1 aliphatic heterocycles. The lowest BCUT2D eigenvalue weighted by Gasteiger charge is -2.15. The van der Waals surface area contributed by atoms with Crippen molar-refractivity contribution in [3.8, 4) is 11.1 Å². The summed E-state index contributed by atoms with van der Waals surface area (Å²) >= 11 is 1.48. The van der Waals surface area contributed by atoms with Crippen LogP contribution < -0.4 is 5.32 Å². The molecule has 4 rings (SSSR count). The number of nitrogens with zero attached hydrogens (tertiary/aromatic N) is 5. The van der Waals surface area contributed by atoms with E-state index in [2.05, 4.69) is 62.1 Å². The Morgan fingerprint density at radius 1 is 1.10 bits per heavy atom. The van der Waals surface area contributed by atoms with Gasteiger partial charge in [0.2, 0.25) is 11.1 Å². The number of nitrogens with one attached hydrogen (secondary N) is 1. The van der Waals surface area contributed by atoms with Crippen molar-refractivity contribution in [3.05, 3.63) is 59.7 Å². The zero-order valence-corrected chi connectivity index (χ0v) is 18.6. The number of rotatable bonds is 9. The molecule has 0 atom stereocenters. The van der Waals surface area contributed by atoms with Gasteiger partial charge in [0.05, 0.1) is 0 Å². The van der Waals surface area contributed by atoms with Crippen molar-refractivity contribution in [2.24, 2.45) is 7.05 Å². The van der Waals surface area contributed by atoms with Gasteiger partial charge >= 0.3 is 0 Å².